The summed E-state index contributed by atoms with van der Waals surface area (Å²) in [5.41, 5.74) is -0.741. The Hall–Kier alpha value is -2.18. The van der Waals surface area contributed by atoms with Crippen molar-refractivity contribution in [1.82, 2.24) is 19.5 Å². The first-order valence-corrected chi connectivity index (χ1v) is 4.15. The minimum absolute atomic E-state index is 0.111. The number of hydrogen-bond donors (Lipinski definition) is 2. The van der Waals surface area contributed by atoms with E-state index in [1.165, 1.54) is 6.33 Å². The Kier molecular flexibility index (Phi) is 2.20. The number of aromatic amines is 2. The third kappa shape index (κ3) is 1.47. The minimum atomic E-state index is -0.613. The van der Waals surface area contributed by atoms with Gasteiger partial charge in [0.1, 0.15) is 5.52 Å². The van der Waals surface area contributed by atoms with Gasteiger partial charge in [-0.15, -0.1) is 0 Å². The van der Waals surface area contributed by atoms with E-state index in [0.717, 1.165) is 10.6 Å². The van der Waals surface area contributed by atoms with E-state index in [9.17, 15) is 14.0 Å². The first kappa shape index (κ1) is 9.38. The zero-order valence-corrected chi connectivity index (χ0v) is 7.53. The van der Waals surface area contributed by atoms with Crippen LogP contribution in [-0.4, -0.2) is 19.5 Å². The molecule has 0 atom stereocenters. The molecule has 0 saturated carbocycles. The second-order valence-corrected chi connectivity index (χ2v) is 2.83. The van der Waals surface area contributed by atoms with E-state index in [0.29, 0.717) is 0 Å². The van der Waals surface area contributed by atoms with Gasteiger partial charge < -0.3 is 4.98 Å². The molecule has 0 unspecified atom stereocenters. The number of H-pyrrole nitrogens is 2. The van der Waals surface area contributed by atoms with Crippen LogP contribution < -0.4 is 11.2 Å². The highest BCUT2D eigenvalue weighted by molar-refractivity contribution is 5.67. The van der Waals surface area contributed by atoms with Gasteiger partial charge in [-0.3, -0.25) is 14.3 Å². The molecule has 0 radical (unpaired) electrons. The molecule has 2 rings (SSSR count). The van der Waals surface area contributed by atoms with E-state index in [-0.39, 0.29) is 24.0 Å². The zero-order chi connectivity index (χ0) is 10.8. The quantitative estimate of drug-likeness (QED) is 0.725. The SMILES string of the molecule is O=c1[nH]c2nc[nH]c2c(=O)n1CC=CF. The molecule has 0 fully saturated rings. The standard InChI is InChI=1S/C8H7FN4O2/c9-2-1-3-13-7(14)5-6(11-4-10-5)12-8(13)15/h1-2,4H,3H2,(H,10,11)(H,12,15). The number of fused-ring (bicyclic) bond motifs is 1. The van der Waals surface area contributed by atoms with Crippen molar-refractivity contribution in [3.8, 4) is 0 Å². The zero-order valence-electron chi connectivity index (χ0n) is 7.53. The Morgan fingerprint density at radius 1 is 1.53 bits per heavy atom. The fourth-order valence-electron chi connectivity index (χ4n) is 1.26. The summed E-state index contributed by atoms with van der Waals surface area (Å²) < 4.78 is 12.6. The highest BCUT2D eigenvalue weighted by Gasteiger charge is 2.07. The molecule has 6 nitrogen and oxygen atoms in total. The number of hydrogen-bond acceptors (Lipinski definition) is 3. The van der Waals surface area contributed by atoms with Crippen LogP contribution in [0.2, 0.25) is 0 Å². The summed E-state index contributed by atoms with van der Waals surface area (Å²) in [5, 5.41) is 0. The van der Waals surface area contributed by atoms with E-state index >= 15 is 0 Å². The highest BCUT2D eigenvalue weighted by atomic mass is 19.1. The molecule has 0 bridgehead atoms. The monoisotopic (exact) mass is 210 g/mol. The first-order chi connectivity index (χ1) is 7.24. The molecular formula is C8H7FN4O2. The smallest absolute Gasteiger partial charge is 0.330 e. The molecule has 0 aromatic carbocycles. The lowest BCUT2D eigenvalue weighted by atomic mass is 10.5. The number of halogens is 1. The Bertz CT molecular complexity index is 621. The van der Waals surface area contributed by atoms with Crippen LogP contribution in [0.5, 0.6) is 0 Å². The molecule has 0 saturated heterocycles. The van der Waals surface area contributed by atoms with E-state index in [2.05, 4.69) is 15.0 Å². The van der Waals surface area contributed by atoms with E-state index in [4.69, 9.17) is 0 Å². The second-order valence-electron chi connectivity index (χ2n) is 2.83. The third-order valence-corrected chi connectivity index (χ3v) is 1.95. The lowest BCUT2D eigenvalue weighted by Crippen LogP contribution is -2.34. The number of imidazole rings is 1. The average Bonchev–Trinajstić information content (AvgIpc) is 2.65. The molecule has 0 aliphatic heterocycles. The van der Waals surface area contributed by atoms with Crippen molar-refractivity contribution >= 4 is 11.2 Å². The van der Waals surface area contributed by atoms with E-state index in [1.807, 2.05) is 0 Å². The van der Waals surface area contributed by atoms with Gasteiger partial charge in [-0.05, 0) is 6.08 Å². The predicted molar refractivity (Wildman–Crippen MR) is 51.2 cm³/mol. The van der Waals surface area contributed by atoms with Crippen LogP contribution in [0.3, 0.4) is 0 Å². The fraction of sp³-hybridized carbons (Fsp3) is 0.125. The van der Waals surface area contributed by atoms with Gasteiger partial charge in [0.25, 0.3) is 5.56 Å². The molecule has 0 aliphatic rings. The molecular weight excluding hydrogens is 203 g/mol. The lowest BCUT2D eigenvalue weighted by Gasteiger charge is -1.98. The Labute approximate surface area is 82.1 Å². The highest BCUT2D eigenvalue weighted by Crippen LogP contribution is 1.94. The van der Waals surface area contributed by atoms with Crippen molar-refractivity contribution in [3.63, 3.8) is 0 Å². The van der Waals surface area contributed by atoms with Crippen LogP contribution in [0.15, 0.2) is 28.3 Å². The first-order valence-electron chi connectivity index (χ1n) is 4.15. The molecule has 2 aromatic heterocycles. The molecule has 15 heavy (non-hydrogen) atoms. The van der Waals surface area contributed by atoms with Crippen LogP contribution in [0.25, 0.3) is 11.2 Å². The van der Waals surface area contributed by atoms with Crippen LogP contribution >= 0.6 is 0 Å². The molecule has 78 valence electrons. The Morgan fingerprint density at radius 3 is 3.07 bits per heavy atom. The van der Waals surface area contributed by atoms with Gasteiger partial charge in [0, 0.05) is 0 Å². The van der Waals surface area contributed by atoms with E-state index in [1.54, 1.807) is 0 Å². The van der Waals surface area contributed by atoms with Gasteiger partial charge >= 0.3 is 5.69 Å². The number of nitrogens with one attached hydrogen (secondary N) is 2. The summed E-state index contributed by atoms with van der Waals surface area (Å²) in [6.07, 6.45) is 2.65. The van der Waals surface area contributed by atoms with Crippen molar-refractivity contribution in [2.75, 3.05) is 0 Å². The summed E-state index contributed by atoms with van der Waals surface area (Å²) in [5.74, 6) is 0. The Balaban J connectivity index is 2.73. The second kappa shape index (κ2) is 3.52. The Morgan fingerprint density at radius 2 is 2.33 bits per heavy atom. The van der Waals surface area contributed by atoms with Gasteiger partial charge in [-0.25, -0.2) is 14.2 Å². The van der Waals surface area contributed by atoms with Gasteiger partial charge in [-0.1, -0.05) is 0 Å². The molecule has 7 heteroatoms. The summed E-state index contributed by atoms with van der Waals surface area (Å²) in [6, 6.07) is 0. The summed E-state index contributed by atoms with van der Waals surface area (Å²) in [6.45, 7) is -0.111. The van der Waals surface area contributed by atoms with Crippen LogP contribution in [0, 0.1) is 0 Å². The molecule has 2 heterocycles. The summed E-state index contributed by atoms with van der Waals surface area (Å²) in [4.78, 5) is 31.7. The van der Waals surface area contributed by atoms with Crippen molar-refractivity contribution in [1.29, 1.82) is 0 Å². The number of nitrogens with zero attached hydrogens (tertiary/aromatic N) is 2. The van der Waals surface area contributed by atoms with Gasteiger partial charge in [0.05, 0.1) is 19.2 Å². The maximum absolute atomic E-state index is 11.8. The third-order valence-electron chi connectivity index (χ3n) is 1.95. The van der Waals surface area contributed by atoms with E-state index < -0.39 is 11.2 Å². The minimum Gasteiger partial charge on any atom is -0.339 e. The van der Waals surface area contributed by atoms with Gasteiger partial charge in [0.2, 0.25) is 0 Å². The fourth-order valence-corrected chi connectivity index (χ4v) is 1.26. The number of aromatic nitrogens is 4. The number of rotatable bonds is 2. The topological polar surface area (TPSA) is 83.5 Å². The molecule has 0 aliphatic carbocycles. The molecule has 0 spiro atoms. The van der Waals surface area contributed by atoms with Gasteiger partial charge in [0.15, 0.2) is 5.65 Å². The van der Waals surface area contributed by atoms with Crippen molar-refractivity contribution in [3.05, 3.63) is 39.6 Å². The average molecular weight is 210 g/mol. The van der Waals surface area contributed by atoms with Crippen LogP contribution in [-0.2, 0) is 6.54 Å². The largest absolute Gasteiger partial charge is 0.339 e. The number of allylic oxidation sites excluding steroid dienone is 1. The summed E-state index contributed by atoms with van der Waals surface area (Å²) in [7, 11) is 0. The lowest BCUT2D eigenvalue weighted by molar-refractivity contribution is 0.681. The van der Waals surface area contributed by atoms with Crippen LogP contribution in [0.1, 0.15) is 0 Å². The molecule has 2 aromatic rings. The maximum Gasteiger partial charge on any atom is 0.330 e. The van der Waals surface area contributed by atoms with Gasteiger partial charge in [-0.2, -0.15) is 0 Å². The summed E-state index contributed by atoms with van der Waals surface area (Å²) >= 11 is 0. The molecule has 0 amide bonds. The molecule has 2 N–H and O–H groups in total. The van der Waals surface area contributed by atoms with Crippen LogP contribution in [0.4, 0.5) is 4.39 Å². The normalized spacial score (nSPS) is 11.5. The predicted octanol–water partition coefficient (Wildman–Crippen LogP) is -0.104. The van der Waals surface area contributed by atoms with Crippen molar-refractivity contribution in [2.24, 2.45) is 0 Å². The van der Waals surface area contributed by atoms with Crippen molar-refractivity contribution in [2.45, 2.75) is 6.54 Å². The van der Waals surface area contributed by atoms with Crippen molar-refractivity contribution < 1.29 is 4.39 Å². The maximum atomic E-state index is 11.8.